The molecular formula is C78H138NO8+. The Balaban J connectivity index is 4.07. The molecule has 0 bridgehead atoms. The molecule has 0 aliphatic heterocycles. The van der Waals surface area contributed by atoms with Gasteiger partial charge in [0, 0.05) is 12.8 Å². The third-order valence-corrected chi connectivity index (χ3v) is 15.9. The number of esters is 2. The number of ether oxygens (including phenoxy) is 4. The van der Waals surface area contributed by atoms with Crippen molar-refractivity contribution in [2.24, 2.45) is 0 Å². The van der Waals surface area contributed by atoms with Crippen molar-refractivity contribution in [2.75, 3.05) is 47.5 Å². The average Bonchev–Trinajstić information content (AvgIpc) is 3.55. The first-order valence-corrected chi connectivity index (χ1v) is 36.4. The Morgan fingerprint density at radius 3 is 0.977 bits per heavy atom. The fourth-order valence-electron chi connectivity index (χ4n) is 10.3. The number of hydrogen-bond donors (Lipinski definition) is 1. The monoisotopic (exact) mass is 1220 g/mol. The Bertz CT molecular complexity index is 1750. The number of likely N-dealkylation sites (N-methyl/N-ethyl adjacent to an activating group) is 1. The van der Waals surface area contributed by atoms with Crippen LogP contribution in [-0.2, 0) is 33.3 Å². The minimum Gasteiger partial charge on any atom is -0.477 e. The molecule has 0 radical (unpaired) electrons. The van der Waals surface area contributed by atoms with Gasteiger partial charge in [-0.3, -0.25) is 9.59 Å². The van der Waals surface area contributed by atoms with Crippen molar-refractivity contribution in [3.05, 3.63) is 97.2 Å². The molecule has 1 N–H and O–H groups in total. The molecule has 0 saturated heterocycles. The fraction of sp³-hybridized carbons (Fsp3) is 0.756. The summed E-state index contributed by atoms with van der Waals surface area (Å²) in [6.45, 7) is 4.81. The molecule has 0 saturated carbocycles. The highest BCUT2D eigenvalue weighted by atomic mass is 16.7. The number of quaternary nitrogens is 1. The van der Waals surface area contributed by atoms with Crippen molar-refractivity contribution in [3.63, 3.8) is 0 Å². The van der Waals surface area contributed by atoms with E-state index in [2.05, 4.69) is 111 Å². The zero-order valence-corrected chi connectivity index (χ0v) is 57.4. The molecule has 87 heavy (non-hydrogen) atoms. The van der Waals surface area contributed by atoms with Gasteiger partial charge >= 0.3 is 17.9 Å². The molecule has 0 fully saturated rings. The predicted octanol–water partition coefficient (Wildman–Crippen LogP) is 22.8. The molecule has 2 atom stereocenters. The quantitative estimate of drug-likeness (QED) is 0.0211. The van der Waals surface area contributed by atoms with Gasteiger partial charge in [-0.05, 0) is 77.0 Å². The maximum atomic E-state index is 13.0. The van der Waals surface area contributed by atoms with Crippen molar-refractivity contribution >= 4 is 17.9 Å². The van der Waals surface area contributed by atoms with Gasteiger partial charge in [-0.15, -0.1) is 0 Å². The van der Waals surface area contributed by atoms with E-state index >= 15 is 0 Å². The lowest BCUT2D eigenvalue weighted by atomic mass is 10.0. The Morgan fingerprint density at radius 1 is 0.356 bits per heavy atom. The van der Waals surface area contributed by atoms with E-state index in [-0.39, 0.29) is 32.2 Å². The van der Waals surface area contributed by atoms with Crippen LogP contribution in [0.4, 0.5) is 0 Å². The van der Waals surface area contributed by atoms with Gasteiger partial charge in [0.2, 0.25) is 0 Å². The first-order valence-electron chi connectivity index (χ1n) is 36.4. The molecule has 0 rings (SSSR count). The summed E-state index contributed by atoms with van der Waals surface area (Å²) in [6.07, 6.45) is 91.0. The average molecular weight is 1220 g/mol. The van der Waals surface area contributed by atoms with Crippen molar-refractivity contribution in [3.8, 4) is 0 Å². The molecule has 0 amide bonds. The molecule has 2 unspecified atom stereocenters. The summed E-state index contributed by atoms with van der Waals surface area (Å²) in [5, 5.41) is 9.75. The molecule has 0 heterocycles. The molecule has 0 aromatic heterocycles. The van der Waals surface area contributed by atoms with Gasteiger partial charge in [0.05, 0.1) is 34.4 Å². The lowest BCUT2D eigenvalue weighted by Crippen LogP contribution is -2.40. The number of rotatable bonds is 67. The fourth-order valence-corrected chi connectivity index (χ4v) is 10.3. The second-order valence-electron chi connectivity index (χ2n) is 25.5. The number of carboxylic acids is 1. The number of carboxylic acid groups (broad SMARTS) is 1. The SMILES string of the molecule is CC/C=C\C/C=C\C/C=C\C/C=C\C/C=C\C/C=C\C/C=C\C/C=C\CCCCCCCCCCCCCCCCC(=O)OC(COC(=O)CCCCCCCCCCCCCCCCCCCCCCCCC)COC(OCC[N+](C)(C)C)C(=O)O. The van der Waals surface area contributed by atoms with Gasteiger partial charge in [0.1, 0.15) is 13.2 Å². The first-order chi connectivity index (χ1) is 42.6. The van der Waals surface area contributed by atoms with Crippen LogP contribution in [0.15, 0.2) is 97.2 Å². The number of unbranched alkanes of at least 4 members (excludes halogenated alkanes) is 36. The molecule has 0 aromatic carbocycles. The summed E-state index contributed by atoms with van der Waals surface area (Å²) in [4.78, 5) is 37.6. The Hall–Kier alpha value is -3.79. The molecule has 0 aromatic rings. The number of carbonyl (C=O) groups excluding carboxylic acids is 2. The number of carbonyl (C=O) groups is 3. The predicted molar refractivity (Wildman–Crippen MR) is 373 cm³/mol. The number of nitrogens with zero attached hydrogens (tertiary/aromatic N) is 1. The van der Waals surface area contributed by atoms with Crippen LogP contribution in [0.1, 0.15) is 322 Å². The molecule has 502 valence electrons. The lowest BCUT2D eigenvalue weighted by Gasteiger charge is -2.25. The summed E-state index contributed by atoms with van der Waals surface area (Å²) in [7, 11) is 5.98. The van der Waals surface area contributed by atoms with E-state index in [0.717, 1.165) is 89.9 Å². The van der Waals surface area contributed by atoms with E-state index in [0.29, 0.717) is 17.4 Å². The van der Waals surface area contributed by atoms with Crippen LogP contribution in [0.25, 0.3) is 0 Å². The lowest BCUT2D eigenvalue weighted by molar-refractivity contribution is -0.870. The summed E-state index contributed by atoms with van der Waals surface area (Å²) < 4.78 is 23.0. The molecule has 9 heteroatoms. The van der Waals surface area contributed by atoms with E-state index in [1.165, 1.54) is 205 Å². The highest BCUT2D eigenvalue weighted by Gasteiger charge is 2.25. The smallest absolute Gasteiger partial charge is 0.361 e. The van der Waals surface area contributed by atoms with Crippen LogP contribution >= 0.6 is 0 Å². The summed E-state index contributed by atoms with van der Waals surface area (Å²) >= 11 is 0. The van der Waals surface area contributed by atoms with Gasteiger partial charge in [0.15, 0.2) is 6.10 Å². The highest BCUT2D eigenvalue weighted by molar-refractivity contribution is 5.71. The maximum absolute atomic E-state index is 13.0. The maximum Gasteiger partial charge on any atom is 0.361 e. The van der Waals surface area contributed by atoms with E-state index in [1.54, 1.807) is 0 Å². The van der Waals surface area contributed by atoms with Crippen molar-refractivity contribution in [1.82, 2.24) is 0 Å². The Morgan fingerprint density at radius 2 is 0.655 bits per heavy atom. The van der Waals surface area contributed by atoms with Crippen LogP contribution in [0.2, 0.25) is 0 Å². The molecule has 0 aliphatic carbocycles. The van der Waals surface area contributed by atoms with E-state index in [4.69, 9.17) is 18.9 Å². The van der Waals surface area contributed by atoms with Gasteiger partial charge in [-0.2, -0.15) is 0 Å². The third kappa shape index (κ3) is 69.5. The zero-order chi connectivity index (χ0) is 63.3. The van der Waals surface area contributed by atoms with Crippen molar-refractivity contribution in [1.29, 1.82) is 0 Å². The number of aliphatic carboxylic acids is 1. The zero-order valence-electron chi connectivity index (χ0n) is 57.4. The first kappa shape index (κ1) is 83.2. The van der Waals surface area contributed by atoms with Crippen molar-refractivity contribution < 1.29 is 42.9 Å². The highest BCUT2D eigenvalue weighted by Crippen LogP contribution is 2.18. The van der Waals surface area contributed by atoms with E-state index in [9.17, 15) is 19.5 Å². The van der Waals surface area contributed by atoms with Crippen LogP contribution in [-0.4, -0.2) is 87.4 Å². The number of allylic oxidation sites excluding steroid dienone is 16. The Kier molecular flexibility index (Phi) is 65.2. The standard InChI is InChI=1S/C78H137NO8/c1-6-8-10-12-14-16-18-20-22-24-26-28-30-31-32-33-34-35-36-37-38-39-40-41-42-43-44-45-47-49-51-53-55-57-59-61-63-65-67-69-76(81)87-74(73-86-78(77(82)83)84-71-70-79(3,4)5)72-85-75(80)68-66-64-62-60-58-56-54-52-50-48-46-29-27-25-23-21-19-17-15-13-11-9-7-2/h8,10,14,16,20,22,26,28,31-32,34-35,37-38,40-41,74,78H,6-7,9,11-13,15,17-19,21,23-25,27,29-30,33,36,39,42-73H2,1-5H3/p+1/b10-8-,16-14-,22-20-,28-26-,32-31-,35-34-,38-37-,41-40-. The van der Waals surface area contributed by atoms with Crippen LogP contribution < -0.4 is 0 Å². The molecule has 0 aliphatic rings. The topological polar surface area (TPSA) is 108 Å². The van der Waals surface area contributed by atoms with E-state index < -0.39 is 24.3 Å². The molecule has 9 nitrogen and oxygen atoms in total. The minimum absolute atomic E-state index is 0.181. The van der Waals surface area contributed by atoms with Gasteiger partial charge in [-0.25, -0.2) is 4.79 Å². The normalized spacial score (nSPS) is 13.3. The minimum atomic E-state index is -1.51. The second kappa shape index (κ2) is 68.1. The van der Waals surface area contributed by atoms with Gasteiger partial charge in [-0.1, -0.05) is 329 Å². The van der Waals surface area contributed by atoms with Crippen LogP contribution in [0.5, 0.6) is 0 Å². The summed E-state index contributed by atoms with van der Waals surface area (Å²) in [5.41, 5.74) is 0. The molecular weight excluding hydrogens is 1080 g/mol. The van der Waals surface area contributed by atoms with Gasteiger partial charge < -0.3 is 28.5 Å². The van der Waals surface area contributed by atoms with Crippen LogP contribution in [0.3, 0.4) is 0 Å². The van der Waals surface area contributed by atoms with Crippen LogP contribution in [0, 0.1) is 0 Å². The largest absolute Gasteiger partial charge is 0.477 e. The second-order valence-corrected chi connectivity index (χ2v) is 25.5. The number of hydrogen-bond acceptors (Lipinski definition) is 7. The molecule has 0 spiro atoms. The van der Waals surface area contributed by atoms with Gasteiger partial charge in [0.25, 0.3) is 6.29 Å². The van der Waals surface area contributed by atoms with Crippen molar-refractivity contribution in [2.45, 2.75) is 334 Å². The Labute approximate surface area is 537 Å². The summed E-state index contributed by atoms with van der Waals surface area (Å²) in [6, 6.07) is 0. The third-order valence-electron chi connectivity index (χ3n) is 15.9. The van der Waals surface area contributed by atoms with E-state index in [1.807, 2.05) is 21.1 Å². The summed E-state index contributed by atoms with van der Waals surface area (Å²) in [5.74, 6) is -1.99.